The summed E-state index contributed by atoms with van der Waals surface area (Å²) in [6.45, 7) is -0.499. The van der Waals surface area contributed by atoms with E-state index in [2.05, 4.69) is 4.18 Å². The van der Waals surface area contributed by atoms with Crippen molar-refractivity contribution in [2.24, 2.45) is 0 Å². The Bertz CT molecular complexity index is 563. The van der Waals surface area contributed by atoms with Crippen molar-refractivity contribution in [2.45, 2.75) is 6.61 Å². The summed E-state index contributed by atoms with van der Waals surface area (Å²) in [4.78, 5) is 19.5. The van der Waals surface area contributed by atoms with Gasteiger partial charge in [0, 0.05) is 12.1 Å². The van der Waals surface area contributed by atoms with Crippen molar-refractivity contribution in [2.75, 3.05) is 6.26 Å². The molecule has 0 N–H and O–H groups in total. The average molecular weight is 276 g/mol. The summed E-state index contributed by atoms with van der Waals surface area (Å²) >= 11 is 0. The molecule has 0 bridgehead atoms. The maximum atomic E-state index is 10.8. The first kappa shape index (κ1) is 14.0. The Morgan fingerprint density at radius 1 is 1.11 bits per heavy atom. The van der Waals surface area contributed by atoms with Crippen molar-refractivity contribution in [3.63, 3.8) is 0 Å². The second-order valence-electron chi connectivity index (χ2n) is 3.34. The number of nitro groups is 2. The predicted octanol–water partition coefficient (Wildman–Crippen LogP) is 0.979. The van der Waals surface area contributed by atoms with Gasteiger partial charge < -0.3 is 0 Å². The summed E-state index contributed by atoms with van der Waals surface area (Å²) in [5.41, 5.74) is -0.978. The monoisotopic (exact) mass is 276 g/mol. The third kappa shape index (κ3) is 4.07. The van der Waals surface area contributed by atoms with Crippen LogP contribution in [-0.4, -0.2) is 24.5 Å². The second-order valence-corrected chi connectivity index (χ2v) is 4.98. The number of non-ortho nitro benzene ring substituents is 2. The molecule has 0 aromatic heterocycles. The number of nitro benzene ring substituents is 2. The van der Waals surface area contributed by atoms with E-state index in [1.807, 2.05) is 0 Å². The Morgan fingerprint density at radius 2 is 1.56 bits per heavy atom. The summed E-state index contributed by atoms with van der Waals surface area (Å²) in [7, 11) is -3.73. The fraction of sp³-hybridized carbons (Fsp3) is 0.250. The Hall–Kier alpha value is -2.07. The highest BCUT2D eigenvalue weighted by Crippen LogP contribution is 2.23. The lowest BCUT2D eigenvalue weighted by Gasteiger charge is -2.02. The minimum Gasteiger partial charge on any atom is -0.265 e. The van der Waals surface area contributed by atoms with Crippen LogP contribution in [0.4, 0.5) is 11.4 Å². The molecule has 98 valence electrons. The summed E-state index contributed by atoms with van der Waals surface area (Å²) in [6, 6.07) is 2.81. The lowest BCUT2D eigenvalue weighted by Crippen LogP contribution is -2.03. The van der Waals surface area contributed by atoms with Crippen molar-refractivity contribution in [3.8, 4) is 0 Å². The Balaban J connectivity index is 3.11. The van der Waals surface area contributed by atoms with Gasteiger partial charge in [0.15, 0.2) is 0 Å². The Kier molecular flexibility index (Phi) is 3.93. The highest BCUT2D eigenvalue weighted by atomic mass is 32.2. The fourth-order valence-corrected chi connectivity index (χ4v) is 1.48. The normalized spacial score (nSPS) is 11.2. The van der Waals surface area contributed by atoms with E-state index in [1.165, 1.54) is 0 Å². The van der Waals surface area contributed by atoms with E-state index >= 15 is 0 Å². The van der Waals surface area contributed by atoms with Crippen molar-refractivity contribution >= 4 is 21.5 Å². The molecule has 0 aliphatic carbocycles. The molecule has 1 aromatic carbocycles. The van der Waals surface area contributed by atoms with Crippen LogP contribution in [0.1, 0.15) is 5.56 Å². The van der Waals surface area contributed by atoms with Gasteiger partial charge in [-0.1, -0.05) is 0 Å². The van der Waals surface area contributed by atoms with Gasteiger partial charge in [0.25, 0.3) is 21.5 Å². The first-order valence-corrected chi connectivity index (χ1v) is 6.28. The van der Waals surface area contributed by atoms with E-state index in [1.54, 1.807) is 0 Å². The average Bonchev–Trinajstić information content (AvgIpc) is 2.25. The first-order valence-electron chi connectivity index (χ1n) is 4.46. The van der Waals surface area contributed by atoms with E-state index in [0.717, 1.165) is 24.5 Å². The lowest BCUT2D eigenvalue weighted by atomic mass is 10.2. The Morgan fingerprint density at radius 3 is 1.89 bits per heavy atom. The van der Waals surface area contributed by atoms with Gasteiger partial charge in [-0.3, -0.25) is 24.4 Å². The molecule has 1 aromatic rings. The quantitative estimate of drug-likeness (QED) is 0.445. The zero-order valence-corrected chi connectivity index (χ0v) is 9.92. The standard InChI is InChI=1S/C8H8N2O7S/c1-18(15,16)17-5-6-2-7(9(11)12)4-8(3-6)10(13)14/h2-4H,5H2,1H3. The summed E-state index contributed by atoms with van der Waals surface area (Å²) in [5.74, 6) is 0. The number of hydrogen-bond donors (Lipinski definition) is 0. The van der Waals surface area contributed by atoms with Gasteiger partial charge in [0.05, 0.1) is 28.8 Å². The van der Waals surface area contributed by atoms with E-state index in [4.69, 9.17) is 0 Å². The molecule has 0 saturated carbocycles. The Labute approximate surface area is 101 Å². The van der Waals surface area contributed by atoms with Crippen molar-refractivity contribution in [1.82, 2.24) is 0 Å². The van der Waals surface area contributed by atoms with Crippen LogP contribution < -0.4 is 0 Å². The van der Waals surface area contributed by atoms with Gasteiger partial charge in [0.2, 0.25) is 0 Å². The van der Waals surface area contributed by atoms with E-state index < -0.39 is 37.9 Å². The molecule has 0 amide bonds. The van der Waals surface area contributed by atoms with Crippen molar-refractivity contribution in [3.05, 3.63) is 44.0 Å². The first-order chi connectivity index (χ1) is 8.19. The van der Waals surface area contributed by atoms with E-state index in [-0.39, 0.29) is 5.56 Å². The van der Waals surface area contributed by atoms with Gasteiger partial charge in [0.1, 0.15) is 0 Å². The van der Waals surface area contributed by atoms with Gasteiger partial charge >= 0.3 is 0 Å². The maximum absolute atomic E-state index is 10.8. The minimum absolute atomic E-state index is 0.0290. The van der Waals surface area contributed by atoms with Crippen molar-refractivity contribution < 1.29 is 22.4 Å². The maximum Gasteiger partial charge on any atom is 0.276 e. The van der Waals surface area contributed by atoms with Gasteiger partial charge in [-0.05, 0) is 5.56 Å². The van der Waals surface area contributed by atoms with Crippen LogP contribution in [0.5, 0.6) is 0 Å². The SMILES string of the molecule is CS(=O)(=O)OCc1cc([N+](=O)[O-])cc([N+](=O)[O-])c1. The van der Waals surface area contributed by atoms with Crippen LogP contribution in [0, 0.1) is 20.2 Å². The van der Waals surface area contributed by atoms with Gasteiger partial charge in [-0.2, -0.15) is 8.42 Å². The van der Waals surface area contributed by atoms with E-state index in [0.29, 0.717) is 0 Å². The third-order valence-electron chi connectivity index (χ3n) is 1.82. The van der Waals surface area contributed by atoms with Crippen LogP contribution in [0.2, 0.25) is 0 Å². The smallest absolute Gasteiger partial charge is 0.265 e. The van der Waals surface area contributed by atoms with Crippen LogP contribution in [0.25, 0.3) is 0 Å². The molecule has 0 radical (unpaired) electrons. The minimum atomic E-state index is -3.73. The zero-order chi connectivity index (χ0) is 13.9. The summed E-state index contributed by atoms with van der Waals surface area (Å²) in [6.07, 6.45) is 0.804. The molecule has 0 atom stereocenters. The third-order valence-corrected chi connectivity index (χ3v) is 2.37. The van der Waals surface area contributed by atoms with Crippen molar-refractivity contribution in [1.29, 1.82) is 0 Å². The molecule has 0 aliphatic rings. The summed E-state index contributed by atoms with van der Waals surface area (Å²) in [5, 5.41) is 21.1. The van der Waals surface area contributed by atoms with Crippen LogP contribution in [-0.2, 0) is 20.9 Å². The number of rotatable bonds is 5. The molecule has 0 spiro atoms. The van der Waals surface area contributed by atoms with E-state index in [9.17, 15) is 28.6 Å². The molecule has 18 heavy (non-hydrogen) atoms. The fourth-order valence-electron chi connectivity index (χ4n) is 1.13. The molecule has 9 nitrogen and oxygen atoms in total. The zero-order valence-electron chi connectivity index (χ0n) is 9.10. The molecular formula is C8H8N2O7S. The highest BCUT2D eigenvalue weighted by Gasteiger charge is 2.17. The highest BCUT2D eigenvalue weighted by molar-refractivity contribution is 7.85. The molecule has 0 unspecified atom stereocenters. The number of nitrogens with zero attached hydrogens (tertiary/aromatic N) is 2. The van der Waals surface area contributed by atoms with Gasteiger partial charge in [-0.25, -0.2) is 0 Å². The molecule has 0 heterocycles. The molecule has 0 fully saturated rings. The molecule has 1 rings (SSSR count). The number of benzene rings is 1. The van der Waals surface area contributed by atoms with Crippen LogP contribution in [0.15, 0.2) is 18.2 Å². The molecular weight excluding hydrogens is 268 g/mol. The topological polar surface area (TPSA) is 130 Å². The lowest BCUT2D eigenvalue weighted by molar-refractivity contribution is -0.394. The summed E-state index contributed by atoms with van der Waals surface area (Å²) < 4.78 is 25.9. The second kappa shape index (κ2) is 5.06. The number of hydrogen-bond acceptors (Lipinski definition) is 7. The molecule has 0 saturated heterocycles. The van der Waals surface area contributed by atoms with Gasteiger partial charge in [-0.15, -0.1) is 0 Å². The molecule has 0 aliphatic heterocycles. The largest absolute Gasteiger partial charge is 0.276 e. The van der Waals surface area contributed by atoms with Crippen LogP contribution in [0.3, 0.4) is 0 Å². The molecule has 10 heteroatoms. The van der Waals surface area contributed by atoms with Crippen LogP contribution >= 0.6 is 0 Å². The predicted molar refractivity (Wildman–Crippen MR) is 59.4 cm³/mol.